The van der Waals surface area contributed by atoms with Gasteiger partial charge < -0.3 is 4.74 Å². The second kappa shape index (κ2) is 7.29. The van der Waals surface area contributed by atoms with E-state index in [0.717, 1.165) is 18.2 Å². The van der Waals surface area contributed by atoms with Gasteiger partial charge in [-0.2, -0.15) is 5.26 Å². The van der Waals surface area contributed by atoms with Crippen LogP contribution in [0.15, 0.2) is 24.3 Å². The first-order chi connectivity index (χ1) is 7.81. The lowest BCUT2D eigenvalue weighted by atomic mass is 10.1. The van der Waals surface area contributed by atoms with Gasteiger partial charge in [-0.15, -0.1) is 0 Å². The number of nitrogens with zero attached hydrogens (tertiary/aromatic N) is 1. The number of benzene rings is 1. The third-order valence-corrected chi connectivity index (χ3v) is 3.31. The van der Waals surface area contributed by atoms with Crippen LogP contribution in [0.1, 0.15) is 25.3 Å². The average Bonchev–Trinajstić information content (AvgIpc) is 2.34. The Hall–Kier alpha value is -1.01. The number of nitriles is 1. The number of ether oxygens (including phenoxy) is 1. The molecule has 86 valence electrons. The number of hydrogen-bond donors (Lipinski definition) is 0. The van der Waals surface area contributed by atoms with Crippen LogP contribution in [-0.2, 0) is 0 Å². The van der Waals surface area contributed by atoms with Crippen molar-refractivity contribution < 1.29 is 4.74 Å². The SMILES string of the molecule is CCCC(CBr)COc1ccccc1C#N. The van der Waals surface area contributed by atoms with E-state index in [4.69, 9.17) is 10.00 Å². The summed E-state index contributed by atoms with van der Waals surface area (Å²) in [5, 5.41) is 9.85. The molecule has 3 heteroatoms. The monoisotopic (exact) mass is 281 g/mol. The van der Waals surface area contributed by atoms with E-state index in [2.05, 4.69) is 28.9 Å². The van der Waals surface area contributed by atoms with E-state index < -0.39 is 0 Å². The third-order valence-electron chi connectivity index (χ3n) is 2.40. The summed E-state index contributed by atoms with van der Waals surface area (Å²) in [4.78, 5) is 0. The van der Waals surface area contributed by atoms with Crippen molar-refractivity contribution in [1.82, 2.24) is 0 Å². The van der Waals surface area contributed by atoms with Crippen molar-refractivity contribution in [2.24, 2.45) is 5.92 Å². The standard InChI is InChI=1S/C13H16BrNO/c1-2-5-11(8-14)10-16-13-7-4-3-6-12(13)9-15/h3-4,6-7,11H,2,5,8,10H2,1H3. The van der Waals surface area contributed by atoms with Crippen molar-refractivity contribution in [2.45, 2.75) is 19.8 Å². The lowest BCUT2D eigenvalue weighted by Crippen LogP contribution is -2.13. The maximum Gasteiger partial charge on any atom is 0.137 e. The minimum Gasteiger partial charge on any atom is -0.492 e. The van der Waals surface area contributed by atoms with Gasteiger partial charge in [0.05, 0.1) is 12.2 Å². The first-order valence-corrected chi connectivity index (χ1v) is 6.61. The van der Waals surface area contributed by atoms with Gasteiger partial charge in [0.1, 0.15) is 11.8 Å². The summed E-state index contributed by atoms with van der Waals surface area (Å²) in [7, 11) is 0. The quantitative estimate of drug-likeness (QED) is 0.744. The van der Waals surface area contributed by atoms with Gasteiger partial charge in [0, 0.05) is 11.2 Å². The molecule has 0 saturated heterocycles. The summed E-state index contributed by atoms with van der Waals surface area (Å²) in [5.74, 6) is 1.20. The Kier molecular flexibility index (Phi) is 5.95. The van der Waals surface area contributed by atoms with Crippen LogP contribution in [0, 0.1) is 17.2 Å². The number of rotatable bonds is 6. The van der Waals surface area contributed by atoms with Crippen molar-refractivity contribution >= 4 is 15.9 Å². The summed E-state index contributed by atoms with van der Waals surface area (Å²) in [5.41, 5.74) is 0.604. The highest BCUT2D eigenvalue weighted by Gasteiger charge is 2.08. The van der Waals surface area contributed by atoms with E-state index >= 15 is 0 Å². The number of alkyl halides is 1. The Morgan fingerprint density at radius 3 is 2.81 bits per heavy atom. The Morgan fingerprint density at radius 2 is 2.19 bits per heavy atom. The molecular weight excluding hydrogens is 266 g/mol. The fourth-order valence-electron chi connectivity index (χ4n) is 1.51. The molecule has 0 aliphatic carbocycles. The van der Waals surface area contributed by atoms with Crippen LogP contribution in [0.4, 0.5) is 0 Å². The molecule has 0 aromatic heterocycles. The topological polar surface area (TPSA) is 33.0 Å². The van der Waals surface area contributed by atoms with Gasteiger partial charge in [-0.25, -0.2) is 0 Å². The van der Waals surface area contributed by atoms with E-state index in [1.165, 1.54) is 0 Å². The highest BCUT2D eigenvalue weighted by Crippen LogP contribution is 2.19. The second-order valence-electron chi connectivity index (χ2n) is 3.73. The predicted molar refractivity (Wildman–Crippen MR) is 68.8 cm³/mol. The second-order valence-corrected chi connectivity index (χ2v) is 4.38. The largest absolute Gasteiger partial charge is 0.492 e. The zero-order valence-electron chi connectivity index (χ0n) is 9.45. The summed E-state index contributed by atoms with van der Waals surface area (Å²) < 4.78 is 5.68. The molecule has 0 aliphatic heterocycles. The molecule has 0 spiro atoms. The molecule has 2 nitrogen and oxygen atoms in total. The summed E-state index contributed by atoms with van der Waals surface area (Å²) in [6, 6.07) is 9.49. The van der Waals surface area contributed by atoms with Crippen LogP contribution in [0.5, 0.6) is 5.75 Å². The van der Waals surface area contributed by atoms with Crippen LogP contribution < -0.4 is 4.74 Å². The first kappa shape index (κ1) is 13.1. The zero-order chi connectivity index (χ0) is 11.8. The molecule has 16 heavy (non-hydrogen) atoms. The average molecular weight is 282 g/mol. The summed E-state index contributed by atoms with van der Waals surface area (Å²) in [6.45, 7) is 2.83. The van der Waals surface area contributed by atoms with Crippen LogP contribution in [0.2, 0.25) is 0 Å². The fourth-order valence-corrected chi connectivity index (χ4v) is 2.02. The summed E-state index contributed by atoms with van der Waals surface area (Å²) in [6.07, 6.45) is 2.29. The Morgan fingerprint density at radius 1 is 1.44 bits per heavy atom. The number of hydrogen-bond acceptors (Lipinski definition) is 2. The molecule has 0 aliphatic rings. The van der Waals surface area contributed by atoms with E-state index in [1.54, 1.807) is 6.07 Å². The van der Waals surface area contributed by atoms with Crippen molar-refractivity contribution in [2.75, 3.05) is 11.9 Å². The van der Waals surface area contributed by atoms with Gasteiger partial charge in [-0.05, 0) is 18.6 Å². The molecule has 1 rings (SSSR count). The van der Waals surface area contributed by atoms with Crippen LogP contribution in [0.3, 0.4) is 0 Å². The molecule has 1 aromatic rings. The lowest BCUT2D eigenvalue weighted by Gasteiger charge is -2.14. The van der Waals surface area contributed by atoms with Gasteiger partial charge in [-0.1, -0.05) is 41.4 Å². The van der Waals surface area contributed by atoms with E-state index in [-0.39, 0.29) is 0 Å². The van der Waals surface area contributed by atoms with Gasteiger partial charge in [0.25, 0.3) is 0 Å². The van der Waals surface area contributed by atoms with Gasteiger partial charge in [0.15, 0.2) is 0 Å². The molecule has 0 amide bonds. The van der Waals surface area contributed by atoms with Crippen molar-refractivity contribution in [3.8, 4) is 11.8 Å². The van der Waals surface area contributed by atoms with Gasteiger partial charge in [0.2, 0.25) is 0 Å². The predicted octanol–water partition coefficient (Wildman–Crippen LogP) is 3.75. The zero-order valence-corrected chi connectivity index (χ0v) is 11.0. The maximum atomic E-state index is 8.90. The highest BCUT2D eigenvalue weighted by molar-refractivity contribution is 9.09. The van der Waals surface area contributed by atoms with Crippen LogP contribution >= 0.6 is 15.9 Å². The Balaban J connectivity index is 2.56. The smallest absolute Gasteiger partial charge is 0.137 e. The van der Waals surface area contributed by atoms with Crippen LogP contribution in [-0.4, -0.2) is 11.9 Å². The molecule has 1 unspecified atom stereocenters. The number of para-hydroxylation sites is 1. The molecule has 0 radical (unpaired) electrons. The van der Waals surface area contributed by atoms with Crippen molar-refractivity contribution in [1.29, 1.82) is 5.26 Å². The molecule has 0 bridgehead atoms. The van der Waals surface area contributed by atoms with E-state index in [9.17, 15) is 0 Å². The number of halogens is 1. The normalized spacial score (nSPS) is 11.8. The fraction of sp³-hybridized carbons (Fsp3) is 0.462. The van der Waals surface area contributed by atoms with Crippen molar-refractivity contribution in [3.05, 3.63) is 29.8 Å². The van der Waals surface area contributed by atoms with Gasteiger partial charge in [-0.3, -0.25) is 0 Å². The van der Waals surface area contributed by atoms with Crippen molar-refractivity contribution in [3.63, 3.8) is 0 Å². The molecular formula is C13H16BrNO. The van der Waals surface area contributed by atoms with E-state index in [0.29, 0.717) is 23.8 Å². The Labute approximate surface area is 105 Å². The van der Waals surface area contributed by atoms with Gasteiger partial charge >= 0.3 is 0 Å². The lowest BCUT2D eigenvalue weighted by molar-refractivity contribution is 0.254. The maximum absolute atomic E-state index is 8.90. The third kappa shape index (κ3) is 3.86. The molecule has 0 heterocycles. The molecule has 1 aromatic carbocycles. The minimum absolute atomic E-state index is 0.511. The first-order valence-electron chi connectivity index (χ1n) is 5.49. The Bertz CT molecular complexity index is 359. The molecule has 1 atom stereocenters. The minimum atomic E-state index is 0.511. The van der Waals surface area contributed by atoms with Crippen LogP contribution in [0.25, 0.3) is 0 Å². The summed E-state index contributed by atoms with van der Waals surface area (Å²) >= 11 is 3.48. The molecule has 0 fully saturated rings. The molecule has 0 saturated carbocycles. The molecule has 0 N–H and O–H groups in total. The van der Waals surface area contributed by atoms with E-state index in [1.807, 2.05) is 18.2 Å². The highest BCUT2D eigenvalue weighted by atomic mass is 79.9.